The van der Waals surface area contributed by atoms with Crippen molar-refractivity contribution in [1.29, 1.82) is 0 Å². The molecule has 0 aliphatic heterocycles. The molecule has 0 aromatic heterocycles. The number of hydrogen-bond donors (Lipinski definition) is 2. The Morgan fingerprint density at radius 1 is 1.03 bits per heavy atom. The summed E-state index contributed by atoms with van der Waals surface area (Å²) in [7, 11) is 2.54. The Labute approximate surface area is 165 Å². The third-order valence-electron chi connectivity index (χ3n) is 3.59. The second-order valence-electron chi connectivity index (χ2n) is 5.65. The zero-order chi connectivity index (χ0) is 21.4. The number of alkyl halides is 2. The molecule has 0 bridgehead atoms. The summed E-state index contributed by atoms with van der Waals surface area (Å²) >= 11 is 0. The van der Waals surface area contributed by atoms with Gasteiger partial charge in [0, 0.05) is 11.3 Å². The number of anilines is 1. The number of ether oxygens (including phenoxy) is 3. The van der Waals surface area contributed by atoms with Gasteiger partial charge in [-0.1, -0.05) is 17.7 Å². The van der Waals surface area contributed by atoms with E-state index in [9.17, 15) is 18.4 Å². The number of carbonyl (C=O) groups is 2. The Bertz CT molecular complexity index is 876. The second-order valence-corrected chi connectivity index (χ2v) is 5.65. The van der Waals surface area contributed by atoms with Crippen LogP contribution in [0.25, 0.3) is 0 Å². The minimum atomic E-state index is -3.07. The Hall–Kier alpha value is -3.69. The van der Waals surface area contributed by atoms with Crippen LogP contribution in [0, 0.1) is 6.92 Å². The zero-order valence-corrected chi connectivity index (χ0v) is 15.9. The molecule has 154 valence electrons. The van der Waals surface area contributed by atoms with Gasteiger partial charge in [-0.25, -0.2) is 5.43 Å². The van der Waals surface area contributed by atoms with Gasteiger partial charge in [0.05, 0.1) is 20.4 Å². The van der Waals surface area contributed by atoms with Gasteiger partial charge in [-0.3, -0.25) is 9.59 Å². The van der Waals surface area contributed by atoms with Gasteiger partial charge in [-0.05, 0) is 31.2 Å². The van der Waals surface area contributed by atoms with Crippen LogP contribution < -0.4 is 25.0 Å². The summed E-state index contributed by atoms with van der Waals surface area (Å²) in [4.78, 5) is 23.7. The maximum absolute atomic E-state index is 12.6. The lowest BCUT2D eigenvalue weighted by molar-refractivity contribution is -0.136. The standard InChI is InChI=1S/C19H19F2N3O5/c1-11-4-6-13(7-5-11)23-17(25)18(26)24-22-10-12-8-14(27-2)16(29-19(20)21)15(9-12)28-3/h4-10,19H,1-3H3,(H,23,25)(H,24,26)/b22-10-. The minimum Gasteiger partial charge on any atom is -0.493 e. The normalized spacial score (nSPS) is 10.7. The van der Waals surface area contributed by atoms with Crippen molar-refractivity contribution >= 4 is 23.7 Å². The van der Waals surface area contributed by atoms with Crippen molar-refractivity contribution in [3.8, 4) is 17.2 Å². The SMILES string of the molecule is COc1cc(/C=N\NC(=O)C(=O)Nc2ccc(C)cc2)cc(OC)c1OC(F)F. The van der Waals surface area contributed by atoms with Crippen molar-refractivity contribution < 1.29 is 32.6 Å². The van der Waals surface area contributed by atoms with Crippen molar-refractivity contribution in [2.24, 2.45) is 5.10 Å². The number of aryl methyl sites for hydroxylation is 1. The van der Waals surface area contributed by atoms with E-state index in [-0.39, 0.29) is 17.2 Å². The van der Waals surface area contributed by atoms with E-state index >= 15 is 0 Å². The van der Waals surface area contributed by atoms with Gasteiger partial charge in [0.25, 0.3) is 0 Å². The number of nitrogens with zero attached hydrogens (tertiary/aromatic N) is 1. The van der Waals surface area contributed by atoms with Crippen LogP contribution in [0.4, 0.5) is 14.5 Å². The molecule has 2 amide bonds. The number of benzene rings is 2. The molecule has 0 aliphatic carbocycles. The summed E-state index contributed by atoms with van der Waals surface area (Å²) in [6.45, 7) is -1.17. The highest BCUT2D eigenvalue weighted by Crippen LogP contribution is 2.39. The molecule has 2 rings (SSSR count). The first-order chi connectivity index (χ1) is 13.8. The molecular weight excluding hydrogens is 388 g/mol. The van der Waals surface area contributed by atoms with Crippen LogP contribution in [0.15, 0.2) is 41.5 Å². The Balaban J connectivity index is 2.05. The van der Waals surface area contributed by atoms with Gasteiger partial charge >= 0.3 is 18.4 Å². The number of amides is 2. The molecule has 0 saturated carbocycles. The maximum Gasteiger partial charge on any atom is 0.387 e. The van der Waals surface area contributed by atoms with Gasteiger partial charge in [0.2, 0.25) is 5.75 Å². The number of rotatable bonds is 7. The van der Waals surface area contributed by atoms with E-state index in [2.05, 4.69) is 20.6 Å². The molecule has 0 fully saturated rings. The first-order valence-corrected chi connectivity index (χ1v) is 8.26. The fourth-order valence-corrected chi connectivity index (χ4v) is 2.22. The van der Waals surface area contributed by atoms with Crippen LogP contribution in [-0.2, 0) is 9.59 Å². The van der Waals surface area contributed by atoms with E-state index < -0.39 is 18.4 Å². The summed E-state index contributed by atoms with van der Waals surface area (Å²) in [5.41, 5.74) is 3.89. The van der Waals surface area contributed by atoms with Crippen molar-refractivity contribution in [1.82, 2.24) is 5.43 Å². The lowest BCUT2D eigenvalue weighted by atomic mass is 10.2. The summed E-state index contributed by atoms with van der Waals surface area (Å²) in [5, 5.41) is 6.10. The topological polar surface area (TPSA) is 98.2 Å². The minimum absolute atomic E-state index is 0.0189. The smallest absolute Gasteiger partial charge is 0.387 e. The van der Waals surface area contributed by atoms with Crippen LogP contribution in [0.2, 0.25) is 0 Å². The van der Waals surface area contributed by atoms with Crippen LogP contribution in [0.3, 0.4) is 0 Å². The quantitative estimate of drug-likeness (QED) is 0.418. The van der Waals surface area contributed by atoms with Crippen molar-refractivity contribution in [2.75, 3.05) is 19.5 Å². The van der Waals surface area contributed by atoms with Crippen molar-refractivity contribution in [2.45, 2.75) is 13.5 Å². The summed E-state index contributed by atoms with van der Waals surface area (Å²) in [6.07, 6.45) is 1.19. The van der Waals surface area contributed by atoms with Gasteiger partial charge < -0.3 is 19.5 Å². The van der Waals surface area contributed by atoms with E-state index in [0.29, 0.717) is 11.3 Å². The highest BCUT2D eigenvalue weighted by atomic mass is 19.3. The maximum atomic E-state index is 12.6. The molecule has 2 aromatic rings. The molecule has 0 aliphatic rings. The molecule has 0 radical (unpaired) electrons. The molecule has 0 heterocycles. The van der Waals surface area contributed by atoms with E-state index in [4.69, 9.17) is 9.47 Å². The first-order valence-electron chi connectivity index (χ1n) is 8.26. The van der Waals surface area contributed by atoms with Crippen LogP contribution >= 0.6 is 0 Å². The zero-order valence-electron chi connectivity index (χ0n) is 15.9. The van der Waals surface area contributed by atoms with Crippen LogP contribution in [0.1, 0.15) is 11.1 Å². The highest BCUT2D eigenvalue weighted by molar-refractivity contribution is 6.39. The number of nitrogens with one attached hydrogen (secondary N) is 2. The molecule has 10 heteroatoms. The predicted molar refractivity (Wildman–Crippen MR) is 102 cm³/mol. The van der Waals surface area contributed by atoms with Gasteiger partial charge in [0.15, 0.2) is 11.5 Å². The third kappa shape index (κ3) is 6.16. The fourth-order valence-electron chi connectivity index (χ4n) is 2.22. The summed E-state index contributed by atoms with van der Waals surface area (Å²) < 4.78 is 39.5. The van der Waals surface area contributed by atoms with Crippen LogP contribution in [-0.4, -0.2) is 38.9 Å². The molecule has 29 heavy (non-hydrogen) atoms. The largest absolute Gasteiger partial charge is 0.493 e. The van der Waals surface area contributed by atoms with Gasteiger partial charge in [-0.2, -0.15) is 13.9 Å². The lowest BCUT2D eigenvalue weighted by Gasteiger charge is -2.14. The summed E-state index contributed by atoms with van der Waals surface area (Å²) in [5.74, 6) is -2.20. The van der Waals surface area contributed by atoms with E-state index in [1.807, 2.05) is 6.92 Å². The van der Waals surface area contributed by atoms with Gasteiger partial charge in [-0.15, -0.1) is 0 Å². The number of halogens is 2. The molecule has 2 N–H and O–H groups in total. The molecule has 8 nitrogen and oxygen atoms in total. The van der Waals surface area contributed by atoms with E-state index in [1.54, 1.807) is 24.3 Å². The lowest BCUT2D eigenvalue weighted by Crippen LogP contribution is -2.32. The highest BCUT2D eigenvalue weighted by Gasteiger charge is 2.18. The average Bonchev–Trinajstić information content (AvgIpc) is 2.69. The summed E-state index contributed by atoms with van der Waals surface area (Å²) in [6, 6.07) is 9.59. The Kier molecular flexibility index (Phi) is 7.47. The van der Waals surface area contributed by atoms with Crippen LogP contribution in [0.5, 0.6) is 17.2 Å². The molecule has 0 spiro atoms. The number of hydrazone groups is 1. The predicted octanol–water partition coefficient (Wildman–Crippen LogP) is 2.70. The molecule has 0 atom stereocenters. The molecule has 0 saturated heterocycles. The van der Waals surface area contributed by atoms with E-state index in [1.165, 1.54) is 32.6 Å². The fraction of sp³-hybridized carbons (Fsp3) is 0.211. The van der Waals surface area contributed by atoms with Crippen molar-refractivity contribution in [3.63, 3.8) is 0 Å². The number of carbonyl (C=O) groups excluding carboxylic acids is 2. The monoisotopic (exact) mass is 407 g/mol. The number of hydrogen-bond acceptors (Lipinski definition) is 6. The van der Waals surface area contributed by atoms with Gasteiger partial charge in [0.1, 0.15) is 0 Å². The third-order valence-corrected chi connectivity index (χ3v) is 3.59. The average molecular weight is 407 g/mol. The van der Waals surface area contributed by atoms with Crippen molar-refractivity contribution in [3.05, 3.63) is 47.5 Å². The molecular formula is C19H19F2N3O5. The Morgan fingerprint density at radius 2 is 1.62 bits per heavy atom. The second kappa shape index (κ2) is 10.0. The molecule has 0 unspecified atom stereocenters. The molecule has 2 aromatic carbocycles. The Morgan fingerprint density at radius 3 is 2.14 bits per heavy atom. The van der Waals surface area contributed by atoms with E-state index in [0.717, 1.165) is 5.56 Å². The number of methoxy groups -OCH3 is 2. The first kappa shape index (κ1) is 21.6.